The molecule has 108 valence electrons. The Bertz CT molecular complexity index is 533. The Kier molecular flexibility index (Phi) is 4.22. The number of anilines is 1. The van der Waals surface area contributed by atoms with Gasteiger partial charge in [-0.25, -0.2) is 14.0 Å². The fourth-order valence-electron chi connectivity index (χ4n) is 2.36. The predicted octanol–water partition coefficient (Wildman–Crippen LogP) is 2.93. The molecule has 1 aliphatic heterocycles. The number of hydrogen-bond acceptors (Lipinski definition) is 2. The highest BCUT2D eigenvalue weighted by Crippen LogP contribution is 2.19. The van der Waals surface area contributed by atoms with E-state index < -0.39 is 17.3 Å². The lowest BCUT2D eigenvalue weighted by molar-refractivity contribution is 0.0692. The summed E-state index contributed by atoms with van der Waals surface area (Å²) in [5, 5.41) is 11.5. The lowest BCUT2D eigenvalue weighted by Gasteiger charge is -2.33. The van der Waals surface area contributed by atoms with E-state index >= 15 is 0 Å². The normalized spacial score (nSPS) is 18.7. The number of carboxylic acid groups (broad SMARTS) is 1. The van der Waals surface area contributed by atoms with Crippen molar-refractivity contribution in [3.63, 3.8) is 0 Å². The Labute approximate surface area is 116 Å². The molecule has 0 radical (unpaired) electrons. The average Bonchev–Trinajstić information content (AvgIpc) is 2.41. The molecule has 20 heavy (non-hydrogen) atoms. The molecule has 2 N–H and O–H groups in total. The number of urea groups is 1. The first-order valence-electron chi connectivity index (χ1n) is 6.59. The number of carbonyl (C=O) groups excluding carboxylic acids is 1. The minimum atomic E-state index is -1.36. The number of carboxylic acids is 1. The van der Waals surface area contributed by atoms with Gasteiger partial charge in [0.1, 0.15) is 5.82 Å². The number of likely N-dealkylation sites (tertiary alicyclic amines) is 1. The largest absolute Gasteiger partial charge is 0.478 e. The van der Waals surface area contributed by atoms with E-state index in [9.17, 15) is 14.0 Å². The molecule has 0 aliphatic carbocycles. The summed E-state index contributed by atoms with van der Waals surface area (Å²) in [6.45, 7) is 2.66. The topological polar surface area (TPSA) is 69.6 Å². The van der Waals surface area contributed by atoms with E-state index in [4.69, 9.17) is 5.11 Å². The van der Waals surface area contributed by atoms with Crippen LogP contribution in [0.15, 0.2) is 18.2 Å². The Balaban J connectivity index is 2.11. The van der Waals surface area contributed by atoms with Crippen LogP contribution in [0.1, 0.15) is 36.5 Å². The van der Waals surface area contributed by atoms with Crippen LogP contribution in [-0.2, 0) is 0 Å². The van der Waals surface area contributed by atoms with E-state index in [0.29, 0.717) is 6.54 Å². The summed E-state index contributed by atoms with van der Waals surface area (Å²) < 4.78 is 13.3. The number of carbonyl (C=O) groups is 2. The van der Waals surface area contributed by atoms with Crippen molar-refractivity contribution in [2.75, 3.05) is 11.9 Å². The highest BCUT2D eigenvalue weighted by atomic mass is 19.1. The van der Waals surface area contributed by atoms with Crippen molar-refractivity contribution in [3.05, 3.63) is 29.6 Å². The maximum atomic E-state index is 13.3. The van der Waals surface area contributed by atoms with E-state index in [1.165, 1.54) is 6.07 Å². The molecule has 1 saturated heterocycles. The van der Waals surface area contributed by atoms with Gasteiger partial charge in [0.25, 0.3) is 0 Å². The standard InChI is InChI=1S/C14H17FN2O3/c1-9-4-2-3-7-17(9)14(20)16-10-5-6-12(15)11(8-10)13(18)19/h5-6,8-9H,2-4,7H2,1H3,(H,16,20)(H,18,19). The third-order valence-electron chi connectivity index (χ3n) is 3.51. The molecule has 1 atom stereocenters. The summed E-state index contributed by atoms with van der Waals surface area (Å²) in [6, 6.07) is 3.40. The van der Waals surface area contributed by atoms with Crippen LogP contribution in [0.25, 0.3) is 0 Å². The summed E-state index contributed by atoms with van der Waals surface area (Å²) in [4.78, 5) is 24.7. The van der Waals surface area contributed by atoms with Crippen molar-refractivity contribution in [2.45, 2.75) is 32.2 Å². The molecule has 1 aliphatic rings. The first kappa shape index (κ1) is 14.3. The SMILES string of the molecule is CC1CCCCN1C(=O)Nc1ccc(F)c(C(=O)O)c1. The molecule has 1 heterocycles. The second kappa shape index (κ2) is 5.90. The van der Waals surface area contributed by atoms with Gasteiger partial charge < -0.3 is 15.3 Å². The zero-order chi connectivity index (χ0) is 14.7. The van der Waals surface area contributed by atoms with Gasteiger partial charge in [-0.15, -0.1) is 0 Å². The summed E-state index contributed by atoms with van der Waals surface area (Å²) >= 11 is 0. The lowest BCUT2D eigenvalue weighted by atomic mass is 10.0. The van der Waals surface area contributed by atoms with E-state index in [0.717, 1.165) is 31.4 Å². The zero-order valence-electron chi connectivity index (χ0n) is 11.2. The molecule has 1 unspecified atom stereocenters. The number of halogens is 1. The van der Waals surface area contributed by atoms with Crippen LogP contribution in [0.4, 0.5) is 14.9 Å². The third-order valence-corrected chi connectivity index (χ3v) is 3.51. The summed E-state index contributed by atoms with van der Waals surface area (Å²) in [5.74, 6) is -2.17. The van der Waals surface area contributed by atoms with Crippen molar-refractivity contribution in [1.82, 2.24) is 4.90 Å². The molecule has 2 amide bonds. The molecule has 1 aromatic carbocycles. The Morgan fingerprint density at radius 3 is 2.80 bits per heavy atom. The van der Waals surface area contributed by atoms with Gasteiger partial charge in [-0.05, 0) is 44.4 Å². The molecular weight excluding hydrogens is 263 g/mol. The summed E-state index contributed by atoms with van der Waals surface area (Å²) in [7, 11) is 0. The third kappa shape index (κ3) is 3.07. The number of hydrogen-bond donors (Lipinski definition) is 2. The molecule has 5 nitrogen and oxygen atoms in total. The van der Waals surface area contributed by atoms with Gasteiger partial charge in [-0.1, -0.05) is 0 Å². The van der Waals surface area contributed by atoms with Crippen molar-refractivity contribution >= 4 is 17.7 Å². The molecule has 0 bridgehead atoms. The van der Waals surface area contributed by atoms with Gasteiger partial charge in [-0.2, -0.15) is 0 Å². The monoisotopic (exact) mass is 280 g/mol. The molecule has 1 fully saturated rings. The molecule has 0 saturated carbocycles. The second-order valence-corrected chi connectivity index (χ2v) is 4.97. The summed E-state index contributed by atoms with van der Waals surface area (Å²) in [6.07, 6.45) is 3.02. The number of aromatic carboxylic acids is 1. The minimum absolute atomic E-state index is 0.156. The van der Waals surface area contributed by atoms with Crippen LogP contribution in [0.3, 0.4) is 0 Å². The average molecular weight is 280 g/mol. The highest BCUT2D eigenvalue weighted by molar-refractivity contribution is 5.93. The van der Waals surface area contributed by atoms with E-state index in [-0.39, 0.29) is 17.8 Å². The Morgan fingerprint density at radius 2 is 2.15 bits per heavy atom. The van der Waals surface area contributed by atoms with Crippen molar-refractivity contribution in [3.8, 4) is 0 Å². The minimum Gasteiger partial charge on any atom is -0.478 e. The lowest BCUT2D eigenvalue weighted by Crippen LogP contribution is -2.44. The van der Waals surface area contributed by atoms with Crippen molar-refractivity contribution in [2.24, 2.45) is 0 Å². The smallest absolute Gasteiger partial charge is 0.338 e. The Hall–Kier alpha value is -2.11. The number of benzene rings is 1. The van der Waals surface area contributed by atoms with Gasteiger partial charge in [-0.3, -0.25) is 0 Å². The Morgan fingerprint density at radius 1 is 1.40 bits per heavy atom. The fourth-order valence-corrected chi connectivity index (χ4v) is 2.36. The predicted molar refractivity (Wildman–Crippen MR) is 72.4 cm³/mol. The maximum absolute atomic E-state index is 13.3. The van der Waals surface area contributed by atoms with Gasteiger partial charge in [0.15, 0.2) is 0 Å². The van der Waals surface area contributed by atoms with Gasteiger partial charge in [0, 0.05) is 18.3 Å². The van der Waals surface area contributed by atoms with Crippen molar-refractivity contribution < 1.29 is 19.1 Å². The van der Waals surface area contributed by atoms with Crippen LogP contribution < -0.4 is 5.32 Å². The quantitative estimate of drug-likeness (QED) is 0.875. The summed E-state index contributed by atoms with van der Waals surface area (Å²) in [5.41, 5.74) is -0.166. The van der Waals surface area contributed by atoms with E-state index in [2.05, 4.69) is 5.32 Å². The van der Waals surface area contributed by atoms with Crippen LogP contribution in [-0.4, -0.2) is 34.6 Å². The number of nitrogens with one attached hydrogen (secondary N) is 1. The van der Waals surface area contributed by atoms with Crippen molar-refractivity contribution in [1.29, 1.82) is 0 Å². The van der Waals surface area contributed by atoms with E-state index in [1.807, 2.05) is 6.92 Å². The zero-order valence-corrected chi connectivity index (χ0v) is 11.2. The molecule has 2 rings (SSSR count). The second-order valence-electron chi connectivity index (χ2n) is 4.97. The van der Waals surface area contributed by atoms with Crippen LogP contribution >= 0.6 is 0 Å². The van der Waals surface area contributed by atoms with Crippen LogP contribution in [0.5, 0.6) is 0 Å². The van der Waals surface area contributed by atoms with Gasteiger partial charge in [0.05, 0.1) is 5.56 Å². The van der Waals surface area contributed by atoms with Gasteiger partial charge in [0.2, 0.25) is 0 Å². The molecular formula is C14H17FN2O3. The first-order chi connectivity index (χ1) is 9.49. The number of piperidine rings is 1. The first-order valence-corrected chi connectivity index (χ1v) is 6.59. The van der Waals surface area contributed by atoms with Crippen LogP contribution in [0, 0.1) is 5.82 Å². The fraction of sp³-hybridized carbons (Fsp3) is 0.429. The number of amides is 2. The van der Waals surface area contributed by atoms with Gasteiger partial charge >= 0.3 is 12.0 Å². The molecule has 0 spiro atoms. The highest BCUT2D eigenvalue weighted by Gasteiger charge is 2.23. The molecule has 0 aromatic heterocycles. The van der Waals surface area contributed by atoms with Crippen LogP contribution in [0.2, 0.25) is 0 Å². The number of rotatable bonds is 2. The maximum Gasteiger partial charge on any atom is 0.338 e. The molecule has 1 aromatic rings. The molecule has 6 heteroatoms. The van der Waals surface area contributed by atoms with E-state index in [1.54, 1.807) is 4.90 Å². The number of nitrogens with zero attached hydrogens (tertiary/aromatic N) is 1.